The molecule has 4 atom stereocenters. The van der Waals surface area contributed by atoms with Crippen molar-refractivity contribution in [2.24, 2.45) is 0 Å². The molecule has 0 spiro atoms. The quantitative estimate of drug-likeness (QED) is 0.0206. The molecule has 2 radical (unpaired) electrons. The van der Waals surface area contributed by atoms with Crippen LogP contribution in [-0.2, 0) is 59.3 Å². The van der Waals surface area contributed by atoms with Gasteiger partial charge in [-0.2, -0.15) is 0 Å². The van der Waals surface area contributed by atoms with Crippen LogP contribution < -0.4 is 9.47 Å². The molecule has 0 amide bonds. The Morgan fingerprint density at radius 1 is 0.462 bits per heavy atom. The van der Waals surface area contributed by atoms with Crippen molar-refractivity contribution >= 4 is 28.8 Å². The number of halogens is 1. The SMILES string of the molecule is C1CCOC1.C=C(C)C(=O)Cl.C=C(C)C(=O)Oc1c[c-]c(-c2ccccn2)cc1.C=C(C)C(=O)Oc1c[c-]c(-c2ccccn2)cc1.CC.CC.CC(O)CC(C)O.CC(O)CC(C)O.Oc1c[c-]c(-c2ccccn2)cc1.Oc1c[c-]c(-c2ccccn2)cc1.[Ir].[Ir]. The zero-order valence-corrected chi connectivity index (χ0v) is 60.4. The number of phenolic OH excluding ortho intramolecular Hbond substituents is 2. The topological polar surface area (TPSA) is 252 Å². The maximum atomic E-state index is 11.3. The second-order valence-corrected chi connectivity index (χ2v) is 19.6. The molecule has 0 saturated carbocycles. The van der Waals surface area contributed by atoms with Crippen molar-refractivity contribution < 1.29 is 99.4 Å². The second-order valence-electron chi connectivity index (χ2n) is 19.2. The largest absolute Gasteiger partial charge is 0.551 e. The first-order valence-corrected chi connectivity index (χ1v) is 29.8. The minimum absolute atomic E-state index is 0. The Hall–Kier alpha value is -7.70. The van der Waals surface area contributed by atoms with Gasteiger partial charge in [0.25, 0.3) is 0 Å². The van der Waals surface area contributed by atoms with E-state index in [1.165, 1.54) is 25.0 Å². The Labute approximate surface area is 582 Å². The summed E-state index contributed by atoms with van der Waals surface area (Å²) in [5, 5.41) is 51.9. The van der Waals surface area contributed by atoms with Gasteiger partial charge in [0.05, 0.1) is 24.4 Å². The predicted molar refractivity (Wildman–Crippen MR) is 363 cm³/mol. The van der Waals surface area contributed by atoms with E-state index in [1.54, 1.807) is 122 Å². The molecule has 4 unspecified atom stereocenters. The molecule has 5 heterocycles. The van der Waals surface area contributed by atoms with Crippen molar-refractivity contribution in [3.05, 3.63) is 231 Å². The molecule has 93 heavy (non-hydrogen) atoms. The van der Waals surface area contributed by atoms with E-state index in [9.17, 15) is 14.4 Å². The maximum absolute atomic E-state index is 11.3. The Morgan fingerprint density at radius 2 is 0.720 bits per heavy atom. The molecule has 4 aromatic carbocycles. The molecule has 8 aromatic rings. The van der Waals surface area contributed by atoms with Gasteiger partial charge in [-0.15, -0.1) is 119 Å². The van der Waals surface area contributed by atoms with Crippen LogP contribution in [0.15, 0.2) is 207 Å². The minimum Gasteiger partial charge on any atom is -0.551 e. The number of carbonyl (C=O) groups is 3. The number of esters is 2. The number of allylic oxidation sites excluding steroid dienone is 1. The van der Waals surface area contributed by atoms with Crippen molar-refractivity contribution in [2.45, 2.75) is 126 Å². The third-order valence-electron chi connectivity index (χ3n) is 10.6. The standard InChI is InChI=1S/2C15H12NO2.2C11H8NO.2C5H12O2.C4H5ClO.C4H8O.2C2H6.2Ir/c2*1-11(2)15(17)18-13-8-6-12(7-9-13)14-5-3-4-10-16-14;2*13-10-6-4-9(5-7-10)11-3-1-2-8-12-11;2*1-4(6)3-5(2)7;1-3(2)4(5)6;1-2-4-5-3-1;2*1-2;;/h2*3-6,8-10H,1H2,2H3;2*1-4,6-8,13H;2*4-7H,3H2,1-2H3;1H2,2H3;1-4H2;2*1-2H3;;/q4*-1;;;;;;;;. The second kappa shape index (κ2) is 54.8. The van der Waals surface area contributed by atoms with E-state index >= 15 is 0 Å². The zero-order valence-electron chi connectivity index (χ0n) is 54.8. The molecule has 6 N–H and O–H groups in total. The monoisotopic (exact) mass is 1650 g/mol. The van der Waals surface area contributed by atoms with Gasteiger partial charge in [0.15, 0.2) is 0 Å². The number of ether oxygens (including phenoxy) is 3. The van der Waals surface area contributed by atoms with Gasteiger partial charge < -0.3 is 64.8 Å². The first-order chi connectivity index (χ1) is 43.4. The first kappa shape index (κ1) is 89.5. The Balaban J connectivity index is -0.00000102. The molecule has 0 bridgehead atoms. The number of carbonyl (C=O) groups excluding carboxylic acids is 3. The normalized spacial score (nSPS) is 11.3. The predicted octanol–water partition coefficient (Wildman–Crippen LogP) is 15.0. The molecule has 16 nitrogen and oxygen atoms in total. The van der Waals surface area contributed by atoms with Crippen LogP contribution in [0.5, 0.6) is 23.0 Å². The van der Waals surface area contributed by atoms with Crippen LogP contribution in [0.4, 0.5) is 0 Å². The zero-order chi connectivity index (χ0) is 68.5. The Bertz CT molecular complexity index is 2980. The van der Waals surface area contributed by atoms with Crippen LogP contribution in [0.3, 0.4) is 0 Å². The number of benzene rings is 4. The number of hydrogen-bond acceptors (Lipinski definition) is 16. The molecule has 9 rings (SSSR count). The summed E-state index contributed by atoms with van der Waals surface area (Å²) in [6, 6.07) is 54.8. The summed E-state index contributed by atoms with van der Waals surface area (Å²) in [5.41, 5.74) is 7.98. The van der Waals surface area contributed by atoms with Crippen LogP contribution >= 0.6 is 11.6 Å². The van der Waals surface area contributed by atoms with Gasteiger partial charge in [-0.05, 0) is 133 Å². The van der Waals surface area contributed by atoms with Crippen LogP contribution in [0.1, 0.15) is 102 Å². The van der Waals surface area contributed by atoms with Crippen LogP contribution in [0.25, 0.3) is 45.0 Å². The fourth-order valence-corrected chi connectivity index (χ4v) is 6.39. The number of rotatable bonds is 13. The molecular weight excluding hydrogens is 1560 g/mol. The first-order valence-electron chi connectivity index (χ1n) is 29.5. The molecular formula is C74H89ClIr2N4O12-4. The number of aromatic hydroxyl groups is 2. The molecule has 4 aromatic heterocycles. The van der Waals surface area contributed by atoms with Crippen molar-refractivity contribution in [3.8, 4) is 68.0 Å². The van der Waals surface area contributed by atoms with Gasteiger partial charge in [-0.1, -0.05) is 96.0 Å². The van der Waals surface area contributed by atoms with Crippen LogP contribution in [0.2, 0.25) is 0 Å². The molecule has 506 valence electrons. The molecule has 19 heteroatoms. The van der Waals surface area contributed by atoms with E-state index in [0.717, 1.165) is 58.2 Å². The third kappa shape index (κ3) is 44.5. The van der Waals surface area contributed by atoms with E-state index in [0.29, 0.717) is 41.1 Å². The van der Waals surface area contributed by atoms with E-state index < -0.39 is 17.2 Å². The van der Waals surface area contributed by atoms with E-state index in [-0.39, 0.29) is 76.1 Å². The minimum atomic E-state index is -0.463. The number of pyridine rings is 4. The van der Waals surface area contributed by atoms with Gasteiger partial charge in [0, 0.05) is 118 Å². The third-order valence-corrected chi connectivity index (χ3v) is 10.9. The number of nitrogens with zero attached hydrogens (tertiary/aromatic N) is 4. The maximum Gasteiger partial charge on any atom is 0.329 e. The van der Waals surface area contributed by atoms with Crippen LogP contribution in [0, 0.1) is 24.3 Å². The average molecular weight is 1650 g/mol. The summed E-state index contributed by atoms with van der Waals surface area (Å²) < 4.78 is 15.1. The van der Waals surface area contributed by atoms with Crippen molar-refractivity contribution in [1.82, 2.24) is 19.9 Å². The van der Waals surface area contributed by atoms with Gasteiger partial charge in [-0.3, -0.25) is 4.79 Å². The summed E-state index contributed by atoms with van der Waals surface area (Å²) >= 11 is 4.87. The number of hydrogen-bond donors (Lipinski definition) is 6. The molecule has 1 fully saturated rings. The molecule has 0 aliphatic carbocycles. The van der Waals surface area contributed by atoms with Gasteiger partial charge in [-0.25, -0.2) is 9.59 Å². The fourth-order valence-electron chi connectivity index (χ4n) is 6.39. The smallest absolute Gasteiger partial charge is 0.329 e. The summed E-state index contributed by atoms with van der Waals surface area (Å²) in [4.78, 5) is 49.2. The van der Waals surface area contributed by atoms with E-state index in [4.69, 9.17) is 56.5 Å². The number of aliphatic hydroxyl groups excluding tert-OH is 4. The van der Waals surface area contributed by atoms with Crippen molar-refractivity contribution in [1.29, 1.82) is 0 Å². The van der Waals surface area contributed by atoms with E-state index in [2.05, 4.69) is 63.9 Å². The van der Waals surface area contributed by atoms with Gasteiger partial charge in [0.2, 0.25) is 5.24 Å². The van der Waals surface area contributed by atoms with Gasteiger partial charge in [0.1, 0.15) is 0 Å². The molecule has 1 aliphatic rings. The summed E-state index contributed by atoms with van der Waals surface area (Å²) in [6.45, 7) is 31.7. The Morgan fingerprint density at radius 3 is 0.871 bits per heavy atom. The summed E-state index contributed by atoms with van der Waals surface area (Å²) in [6.07, 6.45) is 8.91. The Kier molecular flexibility index (Phi) is 52.8. The number of aromatic nitrogens is 4. The summed E-state index contributed by atoms with van der Waals surface area (Å²) in [5.74, 6) is 0.465. The van der Waals surface area contributed by atoms with Gasteiger partial charge >= 0.3 is 11.9 Å². The molecule has 1 saturated heterocycles. The summed E-state index contributed by atoms with van der Waals surface area (Å²) in [7, 11) is 0. The molecule has 1 aliphatic heterocycles. The van der Waals surface area contributed by atoms with Crippen molar-refractivity contribution in [3.63, 3.8) is 0 Å². The number of phenols is 2. The number of aliphatic hydroxyl groups is 4. The van der Waals surface area contributed by atoms with Crippen molar-refractivity contribution in [2.75, 3.05) is 13.2 Å². The fraction of sp³-hybridized carbons (Fsp3) is 0.284. The van der Waals surface area contributed by atoms with Crippen LogP contribution in [-0.4, -0.2) is 105 Å². The average Bonchev–Trinajstić information content (AvgIpc) is 4.42. The van der Waals surface area contributed by atoms with E-state index in [1.807, 2.05) is 113 Å².